The SMILES string of the molecule is CC(C)Oc1n[nH]c2c(CN3CCCC3)cc(-c3ccc4c(c3)CN(C3CCC(=O)NC3=O)C4=O)nc12. The third-order valence-electron chi connectivity index (χ3n) is 7.33. The number of fused-ring (bicyclic) bond motifs is 2. The molecule has 3 aliphatic heterocycles. The molecule has 0 radical (unpaired) electrons. The molecule has 10 nitrogen and oxygen atoms in total. The van der Waals surface area contributed by atoms with Crippen LogP contribution in [0.5, 0.6) is 5.88 Å². The number of piperidine rings is 1. The molecule has 2 aromatic heterocycles. The van der Waals surface area contributed by atoms with Crippen molar-refractivity contribution < 1.29 is 19.1 Å². The molecule has 0 saturated carbocycles. The maximum Gasteiger partial charge on any atom is 0.259 e. The van der Waals surface area contributed by atoms with E-state index in [0.717, 1.165) is 47.5 Å². The van der Waals surface area contributed by atoms with Gasteiger partial charge in [0, 0.05) is 30.6 Å². The molecule has 3 aromatic rings. The van der Waals surface area contributed by atoms with Crippen LogP contribution in [-0.4, -0.2) is 67.9 Å². The largest absolute Gasteiger partial charge is 0.472 e. The fourth-order valence-electron chi connectivity index (χ4n) is 5.53. The summed E-state index contributed by atoms with van der Waals surface area (Å²) in [7, 11) is 0. The highest BCUT2D eigenvalue weighted by Gasteiger charge is 2.39. The Morgan fingerprint density at radius 1 is 1.14 bits per heavy atom. The van der Waals surface area contributed by atoms with E-state index in [1.54, 1.807) is 4.90 Å². The Morgan fingerprint density at radius 3 is 2.70 bits per heavy atom. The predicted octanol–water partition coefficient (Wildman–Crippen LogP) is 2.77. The molecule has 1 atom stereocenters. The smallest absolute Gasteiger partial charge is 0.259 e. The van der Waals surface area contributed by atoms with Gasteiger partial charge in [-0.15, -0.1) is 5.10 Å². The molecule has 5 heterocycles. The maximum atomic E-state index is 13.1. The van der Waals surface area contributed by atoms with E-state index < -0.39 is 11.9 Å². The van der Waals surface area contributed by atoms with Gasteiger partial charge in [0.15, 0.2) is 5.52 Å². The number of H-pyrrole nitrogens is 1. The van der Waals surface area contributed by atoms with Gasteiger partial charge < -0.3 is 9.64 Å². The Bertz CT molecular complexity index is 1410. The molecule has 6 rings (SSSR count). The molecule has 1 aromatic carbocycles. The van der Waals surface area contributed by atoms with Crippen LogP contribution in [0.25, 0.3) is 22.3 Å². The monoisotopic (exact) mass is 502 g/mol. The third kappa shape index (κ3) is 4.35. The Hall–Kier alpha value is -3.79. The number of aromatic nitrogens is 3. The van der Waals surface area contributed by atoms with Gasteiger partial charge in [-0.25, -0.2) is 4.98 Å². The molecular formula is C27H30N6O4. The summed E-state index contributed by atoms with van der Waals surface area (Å²) in [6.45, 7) is 7.18. The van der Waals surface area contributed by atoms with E-state index in [9.17, 15) is 14.4 Å². The minimum Gasteiger partial charge on any atom is -0.472 e. The van der Waals surface area contributed by atoms with E-state index in [1.807, 2.05) is 32.0 Å². The van der Waals surface area contributed by atoms with Crippen molar-refractivity contribution in [2.75, 3.05) is 13.1 Å². The molecule has 0 aliphatic carbocycles. The summed E-state index contributed by atoms with van der Waals surface area (Å²) < 4.78 is 5.94. The van der Waals surface area contributed by atoms with E-state index in [2.05, 4.69) is 26.5 Å². The Labute approximate surface area is 214 Å². The predicted molar refractivity (Wildman–Crippen MR) is 136 cm³/mol. The number of likely N-dealkylation sites (tertiary alicyclic amines) is 1. The van der Waals surface area contributed by atoms with Crippen LogP contribution in [0.2, 0.25) is 0 Å². The topological polar surface area (TPSA) is 121 Å². The van der Waals surface area contributed by atoms with Crippen LogP contribution >= 0.6 is 0 Å². The standard InChI is InChI=1S/C27H30N6O4/c1-15(2)37-26-24-23(30-31-26)18(13-32-9-3-4-10-32)12-20(28-24)16-5-6-19-17(11-16)14-33(27(19)36)21-7-8-22(34)29-25(21)35/h5-6,11-12,15,21H,3-4,7-10,13-14H2,1-2H3,(H,30,31)(H,29,34,35). The number of hydrogen-bond acceptors (Lipinski definition) is 7. The van der Waals surface area contributed by atoms with Crippen LogP contribution in [0.4, 0.5) is 0 Å². The molecule has 3 amide bonds. The highest BCUT2D eigenvalue weighted by Crippen LogP contribution is 2.34. The van der Waals surface area contributed by atoms with Crippen molar-refractivity contribution in [3.05, 3.63) is 41.0 Å². The van der Waals surface area contributed by atoms with Crippen molar-refractivity contribution >= 4 is 28.8 Å². The van der Waals surface area contributed by atoms with Gasteiger partial charge in [0.1, 0.15) is 6.04 Å². The van der Waals surface area contributed by atoms with Gasteiger partial charge in [-0.1, -0.05) is 6.07 Å². The Kier molecular flexibility index (Phi) is 5.91. The molecule has 0 bridgehead atoms. The van der Waals surface area contributed by atoms with Gasteiger partial charge >= 0.3 is 0 Å². The van der Waals surface area contributed by atoms with Crippen LogP contribution in [0, 0.1) is 0 Å². The quantitative estimate of drug-likeness (QED) is 0.497. The molecule has 37 heavy (non-hydrogen) atoms. The number of hydrogen-bond donors (Lipinski definition) is 2. The van der Waals surface area contributed by atoms with Crippen molar-refractivity contribution in [2.24, 2.45) is 0 Å². The van der Waals surface area contributed by atoms with Crippen LogP contribution in [0.15, 0.2) is 24.3 Å². The minimum absolute atomic E-state index is 0.0386. The number of rotatable bonds is 6. The third-order valence-corrected chi connectivity index (χ3v) is 7.33. The van der Waals surface area contributed by atoms with Crippen LogP contribution in [0.3, 0.4) is 0 Å². The number of pyridine rings is 1. The van der Waals surface area contributed by atoms with Gasteiger partial charge in [0.2, 0.25) is 11.8 Å². The maximum absolute atomic E-state index is 13.1. The first-order valence-corrected chi connectivity index (χ1v) is 12.9. The van der Waals surface area contributed by atoms with Crippen LogP contribution in [-0.2, 0) is 22.7 Å². The number of carbonyl (C=O) groups excluding carboxylic acids is 3. The summed E-state index contributed by atoms with van der Waals surface area (Å²) in [5.41, 5.74) is 5.79. The molecule has 192 valence electrons. The summed E-state index contributed by atoms with van der Waals surface area (Å²) in [6, 6.07) is 7.15. The minimum atomic E-state index is -0.635. The zero-order valence-corrected chi connectivity index (χ0v) is 21.0. The lowest BCUT2D eigenvalue weighted by molar-refractivity contribution is -0.136. The zero-order chi connectivity index (χ0) is 25.7. The van der Waals surface area contributed by atoms with E-state index in [4.69, 9.17) is 9.72 Å². The Morgan fingerprint density at radius 2 is 1.95 bits per heavy atom. The van der Waals surface area contributed by atoms with E-state index >= 15 is 0 Å². The number of nitrogens with zero attached hydrogens (tertiary/aromatic N) is 4. The number of nitrogens with one attached hydrogen (secondary N) is 2. The van der Waals surface area contributed by atoms with Crippen molar-refractivity contribution in [3.8, 4) is 17.1 Å². The van der Waals surface area contributed by atoms with Gasteiger partial charge in [-0.2, -0.15) is 0 Å². The first-order chi connectivity index (χ1) is 17.9. The Balaban J connectivity index is 1.35. The summed E-state index contributed by atoms with van der Waals surface area (Å²) in [6.07, 6.45) is 2.94. The van der Waals surface area contributed by atoms with E-state index in [-0.39, 0.29) is 24.3 Å². The van der Waals surface area contributed by atoms with E-state index in [0.29, 0.717) is 29.9 Å². The van der Waals surface area contributed by atoms with E-state index in [1.165, 1.54) is 12.8 Å². The molecule has 2 fully saturated rings. The second-order valence-electron chi connectivity index (χ2n) is 10.3. The first-order valence-electron chi connectivity index (χ1n) is 12.9. The second kappa shape index (κ2) is 9.26. The summed E-state index contributed by atoms with van der Waals surface area (Å²) in [4.78, 5) is 46.0. The lowest BCUT2D eigenvalue weighted by Crippen LogP contribution is -2.52. The highest BCUT2D eigenvalue weighted by molar-refractivity contribution is 6.05. The molecule has 0 spiro atoms. The van der Waals surface area contributed by atoms with Gasteiger partial charge in [-0.3, -0.25) is 29.7 Å². The molecule has 3 aliphatic rings. The molecule has 2 saturated heterocycles. The second-order valence-corrected chi connectivity index (χ2v) is 10.3. The number of carbonyl (C=O) groups is 3. The average Bonchev–Trinajstić information content (AvgIpc) is 3.59. The molecule has 10 heteroatoms. The molecule has 1 unspecified atom stereocenters. The normalized spacial score (nSPS) is 20.2. The average molecular weight is 503 g/mol. The highest BCUT2D eigenvalue weighted by atomic mass is 16.5. The number of imide groups is 1. The summed E-state index contributed by atoms with van der Waals surface area (Å²) >= 11 is 0. The lowest BCUT2D eigenvalue weighted by Gasteiger charge is -2.29. The fraction of sp³-hybridized carbons (Fsp3) is 0.444. The first kappa shape index (κ1) is 23.6. The van der Waals surface area contributed by atoms with Crippen molar-refractivity contribution in [1.29, 1.82) is 0 Å². The number of ether oxygens (including phenoxy) is 1. The van der Waals surface area contributed by atoms with Crippen molar-refractivity contribution in [1.82, 2.24) is 30.3 Å². The zero-order valence-electron chi connectivity index (χ0n) is 21.0. The lowest BCUT2D eigenvalue weighted by atomic mass is 10.0. The molecule has 2 N–H and O–H groups in total. The van der Waals surface area contributed by atoms with Crippen LogP contribution < -0.4 is 10.1 Å². The summed E-state index contributed by atoms with van der Waals surface area (Å²) in [5.74, 6) is -0.403. The van der Waals surface area contributed by atoms with Gasteiger partial charge in [-0.05, 0) is 75.5 Å². The van der Waals surface area contributed by atoms with Gasteiger partial charge in [0.05, 0.1) is 17.3 Å². The number of aromatic amines is 1. The van der Waals surface area contributed by atoms with Crippen molar-refractivity contribution in [2.45, 2.75) is 64.8 Å². The van der Waals surface area contributed by atoms with Gasteiger partial charge in [0.25, 0.3) is 11.8 Å². The van der Waals surface area contributed by atoms with Crippen LogP contribution in [0.1, 0.15) is 61.0 Å². The van der Waals surface area contributed by atoms with Crippen molar-refractivity contribution in [3.63, 3.8) is 0 Å². The molecular weight excluding hydrogens is 472 g/mol. The number of amides is 3. The fourth-order valence-corrected chi connectivity index (χ4v) is 5.53. The number of benzene rings is 1. The summed E-state index contributed by atoms with van der Waals surface area (Å²) in [5, 5.41) is 9.89.